The van der Waals surface area contributed by atoms with E-state index in [4.69, 9.17) is 12.2 Å². The van der Waals surface area contributed by atoms with Crippen molar-refractivity contribution in [3.05, 3.63) is 33.3 Å². The number of aromatic amines is 1. The lowest BCUT2D eigenvalue weighted by Crippen LogP contribution is -1.98. The number of hydrogen-bond acceptors (Lipinski definition) is 2. The second-order valence-corrected chi connectivity index (χ2v) is 5.32. The first-order valence-electron chi connectivity index (χ1n) is 5.29. The van der Waals surface area contributed by atoms with E-state index in [1.165, 1.54) is 12.1 Å². The van der Waals surface area contributed by atoms with Crippen molar-refractivity contribution >= 4 is 28.1 Å². The zero-order valence-electron chi connectivity index (χ0n) is 8.78. The van der Waals surface area contributed by atoms with E-state index >= 15 is 0 Å². The summed E-state index contributed by atoms with van der Waals surface area (Å²) < 4.78 is 16.7. The Labute approximate surface area is 111 Å². The monoisotopic (exact) mass is 313 g/mol. The van der Waals surface area contributed by atoms with Gasteiger partial charge in [0.05, 0.1) is 0 Å². The van der Waals surface area contributed by atoms with Crippen LogP contribution >= 0.6 is 28.1 Å². The number of aromatic nitrogens is 3. The van der Waals surface area contributed by atoms with Gasteiger partial charge in [0.2, 0.25) is 0 Å². The number of nitrogens with one attached hydrogen (secondary N) is 1. The molecule has 1 saturated carbocycles. The first-order valence-corrected chi connectivity index (χ1v) is 6.49. The van der Waals surface area contributed by atoms with Gasteiger partial charge in [0.1, 0.15) is 5.82 Å². The Hall–Kier alpha value is -1.01. The van der Waals surface area contributed by atoms with E-state index in [0.29, 0.717) is 16.6 Å². The first kappa shape index (κ1) is 11.1. The molecule has 0 amide bonds. The number of benzene rings is 1. The Balaban J connectivity index is 2.21. The Bertz CT molecular complexity index is 630. The van der Waals surface area contributed by atoms with E-state index < -0.39 is 0 Å². The normalized spacial score (nSPS) is 15.2. The highest BCUT2D eigenvalue weighted by Crippen LogP contribution is 2.39. The predicted octanol–water partition coefficient (Wildman–Crippen LogP) is 3.84. The lowest BCUT2D eigenvalue weighted by molar-refractivity contribution is 0.627. The number of H-pyrrole nitrogens is 1. The third kappa shape index (κ3) is 1.95. The van der Waals surface area contributed by atoms with Crippen molar-refractivity contribution in [3.8, 4) is 11.4 Å². The van der Waals surface area contributed by atoms with Crippen molar-refractivity contribution in [2.45, 2.75) is 18.9 Å². The van der Waals surface area contributed by atoms with E-state index in [-0.39, 0.29) is 5.82 Å². The summed E-state index contributed by atoms with van der Waals surface area (Å²) in [5, 5.41) is 6.97. The Morgan fingerprint density at radius 3 is 2.94 bits per heavy atom. The lowest BCUT2D eigenvalue weighted by atomic mass is 10.2. The fourth-order valence-corrected chi connectivity index (χ4v) is 2.54. The van der Waals surface area contributed by atoms with Gasteiger partial charge < -0.3 is 0 Å². The van der Waals surface area contributed by atoms with Crippen molar-refractivity contribution in [1.82, 2.24) is 14.8 Å². The number of hydrogen-bond donors (Lipinski definition) is 1. The Morgan fingerprint density at radius 1 is 1.47 bits per heavy atom. The van der Waals surface area contributed by atoms with Gasteiger partial charge in [0.15, 0.2) is 10.6 Å². The quantitative estimate of drug-likeness (QED) is 0.854. The zero-order valence-corrected chi connectivity index (χ0v) is 11.2. The Morgan fingerprint density at radius 2 is 2.24 bits per heavy atom. The molecule has 0 atom stereocenters. The van der Waals surface area contributed by atoms with Crippen LogP contribution in [0.5, 0.6) is 0 Å². The molecule has 3 nitrogen and oxygen atoms in total. The fourth-order valence-electron chi connectivity index (χ4n) is 1.84. The van der Waals surface area contributed by atoms with Crippen LogP contribution < -0.4 is 0 Å². The maximum Gasteiger partial charge on any atom is 0.195 e. The molecule has 0 unspecified atom stereocenters. The summed E-state index contributed by atoms with van der Waals surface area (Å²) in [6.07, 6.45) is 2.21. The number of halogens is 2. The largest absolute Gasteiger partial charge is 0.297 e. The van der Waals surface area contributed by atoms with Crippen LogP contribution in [0.25, 0.3) is 11.4 Å². The standard InChI is InChI=1S/C11H9BrFN3S/c12-9-4-1-6(13)5-8(9)10-14-15-11(17)16(10)7-2-3-7/h1,4-5,7H,2-3H2,(H,15,17). The fraction of sp³-hybridized carbons (Fsp3) is 0.273. The van der Waals surface area contributed by atoms with Crippen LogP contribution in [0.1, 0.15) is 18.9 Å². The summed E-state index contributed by atoms with van der Waals surface area (Å²) >= 11 is 8.61. The average Bonchev–Trinajstić information content (AvgIpc) is 3.06. The molecule has 1 fully saturated rings. The molecule has 0 spiro atoms. The predicted molar refractivity (Wildman–Crippen MR) is 68.8 cm³/mol. The van der Waals surface area contributed by atoms with Crippen LogP contribution in [-0.2, 0) is 0 Å². The third-order valence-electron chi connectivity index (χ3n) is 2.79. The van der Waals surface area contributed by atoms with E-state index in [0.717, 1.165) is 22.9 Å². The summed E-state index contributed by atoms with van der Waals surface area (Å²) in [5.41, 5.74) is 0.726. The van der Waals surface area contributed by atoms with Crippen LogP contribution in [0, 0.1) is 10.6 Å². The van der Waals surface area contributed by atoms with Crippen LogP contribution in [0.4, 0.5) is 4.39 Å². The SMILES string of the molecule is Fc1ccc(Br)c(-c2n[nH]c(=S)n2C2CC2)c1. The molecule has 0 bridgehead atoms. The molecule has 3 rings (SSSR count). The summed E-state index contributed by atoms with van der Waals surface area (Å²) in [7, 11) is 0. The van der Waals surface area contributed by atoms with Gasteiger partial charge in [0, 0.05) is 16.1 Å². The van der Waals surface area contributed by atoms with E-state index in [1.54, 1.807) is 6.07 Å². The molecule has 2 aromatic rings. The van der Waals surface area contributed by atoms with Gasteiger partial charge in [-0.15, -0.1) is 0 Å². The van der Waals surface area contributed by atoms with Crippen molar-refractivity contribution in [2.24, 2.45) is 0 Å². The van der Waals surface area contributed by atoms with Crippen LogP contribution in [0.2, 0.25) is 0 Å². The molecular formula is C11H9BrFN3S. The van der Waals surface area contributed by atoms with Crippen LogP contribution in [-0.4, -0.2) is 14.8 Å². The van der Waals surface area contributed by atoms with Gasteiger partial charge in [-0.1, -0.05) is 15.9 Å². The van der Waals surface area contributed by atoms with Crippen molar-refractivity contribution in [3.63, 3.8) is 0 Å². The minimum Gasteiger partial charge on any atom is -0.297 e. The number of rotatable bonds is 2. The summed E-state index contributed by atoms with van der Waals surface area (Å²) in [6.45, 7) is 0. The highest BCUT2D eigenvalue weighted by atomic mass is 79.9. The van der Waals surface area contributed by atoms with Crippen molar-refractivity contribution in [1.29, 1.82) is 0 Å². The second kappa shape index (κ2) is 4.03. The number of nitrogens with zero attached hydrogens (tertiary/aromatic N) is 2. The lowest BCUT2D eigenvalue weighted by Gasteiger charge is -2.06. The maximum absolute atomic E-state index is 13.3. The van der Waals surface area contributed by atoms with Crippen molar-refractivity contribution < 1.29 is 4.39 Å². The van der Waals surface area contributed by atoms with Crippen LogP contribution in [0.3, 0.4) is 0 Å². The zero-order chi connectivity index (χ0) is 12.0. The van der Waals surface area contributed by atoms with Gasteiger partial charge in [-0.05, 0) is 43.3 Å². The molecular weight excluding hydrogens is 305 g/mol. The maximum atomic E-state index is 13.3. The molecule has 0 radical (unpaired) electrons. The molecule has 0 aliphatic heterocycles. The molecule has 1 aliphatic carbocycles. The molecule has 88 valence electrons. The van der Waals surface area contributed by atoms with Crippen LogP contribution in [0.15, 0.2) is 22.7 Å². The minimum atomic E-state index is -0.278. The smallest absolute Gasteiger partial charge is 0.195 e. The van der Waals surface area contributed by atoms with Gasteiger partial charge >= 0.3 is 0 Å². The molecule has 6 heteroatoms. The first-order chi connectivity index (χ1) is 8.16. The molecule has 0 saturated heterocycles. The topological polar surface area (TPSA) is 33.6 Å². The van der Waals surface area contributed by atoms with Gasteiger partial charge in [0.25, 0.3) is 0 Å². The summed E-state index contributed by atoms with van der Waals surface area (Å²) in [4.78, 5) is 0. The highest BCUT2D eigenvalue weighted by Gasteiger charge is 2.28. The average molecular weight is 314 g/mol. The van der Waals surface area contributed by atoms with Crippen molar-refractivity contribution in [2.75, 3.05) is 0 Å². The molecule has 1 N–H and O–H groups in total. The summed E-state index contributed by atoms with van der Waals surface area (Å²) in [6, 6.07) is 4.97. The molecule has 1 heterocycles. The highest BCUT2D eigenvalue weighted by molar-refractivity contribution is 9.10. The van der Waals surface area contributed by atoms with Gasteiger partial charge in [-0.25, -0.2) is 4.39 Å². The minimum absolute atomic E-state index is 0.278. The van der Waals surface area contributed by atoms with Gasteiger partial charge in [-0.2, -0.15) is 5.10 Å². The Kier molecular flexibility index (Phi) is 2.63. The molecule has 1 aliphatic rings. The van der Waals surface area contributed by atoms with E-state index in [2.05, 4.69) is 26.1 Å². The van der Waals surface area contributed by atoms with Gasteiger partial charge in [-0.3, -0.25) is 9.67 Å². The summed E-state index contributed by atoms with van der Waals surface area (Å²) in [5.74, 6) is 0.420. The third-order valence-corrected chi connectivity index (χ3v) is 3.77. The molecule has 17 heavy (non-hydrogen) atoms. The van der Waals surface area contributed by atoms with E-state index in [1.807, 2.05) is 4.57 Å². The second-order valence-electron chi connectivity index (χ2n) is 4.08. The molecule has 1 aromatic carbocycles. The van der Waals surface area contributed by atoms with E-state index in [9.17, 15) is 4.39 Å². The molecule has 1 aromatic heterocycles.